The molecule has 0 amide bonds. The van der Waals surface area contributed by atoms with E-state index in [9.17, 15) is 13.9 Å². The summed E-state index contributed by atoms with van der Waals surface area (Å²) in [5, 5.41) is 9.22. The van der Waals surface area contributed by atoms with E-state index in [1.54, 1.807) is 6.07 Å². The molecule has 0 spiro atoms. The van der Waals surface area contributed by atoms with Crippen LogP contribution in [0.1, 0.15) is 11.6 Å². The Bertz CT molecular complexity index is 306. The maximum Gasteiger partial charge on any atom is 0.257 e. The molecule has 0 unspecified atom stereocenters. The summed E-state index contributed by atoms with van der Waals surface area (Å²) in [7, 11) is 0. The van der Waals surface area contributed by atoms with Gasteiger partial charge in [-0.2, -0.15) is 0 Å². The Balaban J connectivity index is 3.05. The van der Waals surface area contributed by atoms with Gasteiger partial charge in [-0.05, 0) is 18.2 Å². The number of benzene rings is 1. The zero-order valence-electron chi connectivity index (χ0n) is 6.55. The Morgan fingerprint density at radius 3 is 2.54 bits per heavy atom. The number of rotatable bonds is 2. The van der Waals surface area contributed by atoms with Gasteiger partial charge in [0.15, 0.2) is 0 Å². The molecule has 2 nitrogen and oxygen atoms in total. The van der Waals surface area contributed by atoms with Crippen LogP contribution < -0.4 is 5.73 Å². The lowest BCUT2D eigenvalue weighted by atomic mass is 10.1. The van der Waals surface area contributed by atoms with Crippen LogP contribution in [-0.2, 0) is 0 Å². The highest BCUT2D eigenvalue weighted by Gasteiger charge is 2.20. The summed E-state index contributed by atoms with van der Waals surface area (Å²) >= 11 is 3.10. The topological polar surface area (TPSA) is 46.2 Å². The number of phenolic OH excluding ortho intramolecular Hbond substituents is 1. The molecule has 0 aliphatic heterocycles. The molecular formula is C8H8BrF2NO. The predicted molar refractivity (Wildman–Crippen MR) is 48.7 cm³/mol. The van der Waals surface area contributed by atoms with Crippen LogP contribution in [0, 0.1) is 0 Å². The van der Waals surface area contributed by atoms with E-state index in [4.69, 9.17) is 5.73 Å². The van der Waals surface area contributed by atoms with Gasteiger partial charge in [-0.3, -0.25) is 0 Å². The molecular weight excluding hydrogens is 244 g/mol. The molecule has 0 radical (unpaired) electrons. The van der Waals surface area contributed by atoms with Crippen molar-refractivity contribution >= 4 is 15.9 Å². The second-order valence-corrected chi connectivity index (χ2v) is 3.48. The molecule has 0 aliphatic rings. The number of halogens is 3. The Morgan fingerprint density at radius 2 is 2.00 bits per heavy atom. The van der Waals surface area contributed by atoms with Crippen LogP contribution in [0.25, 0.3) is 0 Å². The molecule has 1 aromatic rings. The van der Waals surface area contributed by atoms with E-state index in [0.29, 0.717) is 4.47 Å². The van der Waals surface area contributed by atoms with E-state index in [-0.39, 0.29) is 11.3 Å². The van der Waals surface area contributed by atoms with Crippen LogP contribution in [-0.4, -0.2) is 11.5 Å². The van der Waals surface area contributed by atoms with Crippen LogP contribution in [0.2, 0.25) is 0 Å². The van der Waals surface area contributed by atoms with Crippen LogP contribution in [0.3, 0.4) is 0 Å². The smallest absolute Gasteiger partial charge is 0.257 e. The summed E-state index contributed by atoms with van der Waals surface area (Å²) in [6.45, 7) is 0. The number of phenols is 1. The van der Waals surface area contributed by atoms with E-state index in [1.165, 1.54) is 12.1 Å². The highest BCUT2D eigenvalue weighted by molar-refractivity contribution is 9.10. The summed E-state index contributed by atoms with van der Waals surface area (Å²) in [5.74, 6) is -0.212. The quantitative estimate of drug-likeness (QED) is 0.848. The maximum atomic E-state index is 12.2. The minimum Gasteiger partial charge on any atom is -0.508 e. The summed E-state index contributed by atoms with van der Waals surface area (Å²) in [4.78, 5) is 0. The molecule has 0 aliphatic carbocycles. The minimum absolute atomic E-state index is 0.0457. The van der Waals surface area contributed by atoms with Gasteiger partial charge in [0.2, 0.25) is 0 Å². The first-order valence-corrected chi connectivity index (χ1v) is 4.34. The lowest BCUT2D eigenvalue weighted by Gasteiger charge is -2.12. The predicted octanol–water partition coefficient (Wildman–Crippen LogP) is 2.42. The highest BCUT2D eigenvalue weighted by Crippen LogP contribution is 2.29. The van der Waals surface area contributed by atoms with Crippen LogP contribution in [0.4, 0.5) is 8.78 Å². The van der Waals surface area contributed by atoms with Crippen molar-refractivity contribution in [1.29, 1.82) is 0 Å². The third-order valence-corrected chi connectivity index (χ3v) is 2.11. The number of hydrogen-bond donors (Lipinski definition) is 2. The Kier molecular flexibility index (Phi) is 3.22. The van der Waals surface area contributed by atoms with Crippen LogP contribution >= 0.6 is 15.9 Å². The molecule has 1 rings (SSSR count). The highest BCUT2D eigenvalue weighted by atomic mass is 79.9. The Morgan fingerprint density at radius 1 is 1.38 bits per heavy atom. The van der Waals surface area contributed by atoms with Crippen molar-refractivity contribution in [2.75, 3.05) is 0 Å². The third kappa shape index (κ3) is 2.38. The molecule has 1 atom stereocenters. The number of nitrogens with two attached hydrogens (primary N) is 1. The maximum absolute atomic E-state index is 12.2. The number of alkyl halides is 2. The number of hydrogen-bond acceptors (Lipinski definition) is 2. The summed E-state index contributed by atoms with van der Waals surface area (Å²) < 4.78 is 25.0. The van der Waals surface area contributed by atoms with Crippen LogP contribution in [0.5, 0.6) is 5.75 Å². The zero-order valence-corrected chi connectivity index (χ0v) is 8.13. The molecule has 0 saturated carbocycles. The second kappa shape index (κ2) is 4.02. The monoisotopic (exact) mass is 251 g/mol. The van der Waals surface area contributed by atoms with Crippen molar-refractivity contribution in [2.24, 2.45) is 5.73 Å². The summed E-state index contributed by atoms with van der Waals surface area (Å²) in [6, 6.07) is 2.81. The fourth-order valence-corrected chi connectivity index (χ4v) is 1.31. The molecule has 5 heteroatoms. The average Bonchev–Trinajstić information content (AvgIpc) is 2.08. The Labute approximate surface area is 82.5 Å². The van der Waals surface area contributed by atoms with Gasteiger partial charge in [0, 0.05) is 10.0 Å². The molecule has 0 heterocycles. The molecule has 0 saturated heterocycles. The normalized spacial score (nSPS) is 13.3. The van der Waals surface area contributed by atoms with E-state index in [0.717, 1.165) is 0 Å². The first-order chi connectivity index (χ1) is 6.02. The van der Waals surface area contributed by atoms with Gasteiger partial charge in [0.1, 0.15) is 5.75 Å². The van der Waals surface area contributed by atoms with Crippen molar-refractivity contribution < 1.29 is 13.9 Å². The third-order valence-electron chi connectivity index (χ3n) is 1.62. The molecule has 0 aromatic heterocycles. The van der Waals surface area contributed by atoms with Crippen molar-refractivity contribution in [1.82, 2.24) is 0 Å². The molecule has 72 valence electrons. The molecule has 0 bridgehead atoms. The number of aromatic hydroxyl groups is 1. The first kappa shape index (κ1) is 10.4. The lowest BCUT2D eigenvalue weighted by molar-refractivity contribution is 0.115. The molecule has 0 fully saturated rings. The van der Waals surface area contributed by atoms with Crippen molar-refractivity contribution in [2.45, 2.75) is 12.5 Å². The van der Waals surface area contributed by atoms with Crippen molar-refractivity contribution in [3.8, 4) is 5.75 Å². The van der Waals surface area contributed by atoms with Gasteiger partial charge >= 0.3 is 0 Å². The Hall–Kier alpha value is -0.680. The largest absolute Gasteiger partial charge is 0.508 e. The molecule has 1 aromatic carbocycles. The second-order valence-electron chi connectivity index (χ2n) is 2.56. The average molecular weight is 252 g/mol. The van der Waals surface area contributed by atoms with Crippen molar-refractivity contribution in [3.05, 3.63) is 28.2 Å². The molecule has 13 heavy (non-hydrogen) atoms. The SMILES string of the molecule is N[C@H](c1cc(Br)ccc1O)C(F)F. The van der Waals surface area contributed by atoms with Gasteiger partial charge in [-0.1, -0.05) is 15.9 Å². The van der Waals surface area contributed by atoms with E-state index < -0.39 is 12.5 Å². The summed E-state index contributed by atoms with van der Waals surface area (Å²) in [6.07, 6.45) is -2.68. The van der Waals surface area contributed by atoms with Gasteiger partial charge < -0.3 is 10.8 Å². The van der Waals surface area contributed by atoms with Gasteiger partial charge in [-0.15, -0.1) is 0 Å². The van der Waals surface area contributed by atoms with Gasteiger partial charge in [0.05, 0.1) is 6.04 Å². The zero-order chi connectivity index (χ0) is 10.0. The fraction of sp³-hybridized carbons (Fsp3) is 0.250. The van der Waals surface area contributed by atoms with Gasteiger partial charge in [-0.25, -0.2) is 8.78 Å². The lowest BCUT2D eigenvalue weighted by Crippen LogP contribution is -2.18. The van der Waals surface area contributed by atoms with Crippen molar-refractivity contribution in [3.63, 3.8) is 0 Å². The van der Waals surface area contributed by atoms with E-state index >= 15 is 0 Å². The standard InChI is InChI=1S/C8H8BrF2NO/c9-4-1-2-6(13)5(3-4)7(12)8(10)11/h1-3,7-8,13H,12H2/t7-/m1/s1. The molecule has 3 N–H and O–H groups in total. The van der Waals surface area contributed by atoms with E-state index in [1.807, 2.05) is 0 Å². The first-order valence-electron chi connectivity index (χ1n) is 3.54. The van der Waals surface area contributed by atoms with Gasteiger partial charge in [0.25, 0.3) is 6.43 Å². The summed E-state index contributed by atoms with van der Waals surface area (Å²) in [5.41, 5.74) is 5.22. The van der Waals surface area contributed by atoms with Crippen LogP contribution in [0.15, 0.2) is 22.7 Å². The minimum atomic E-state index is -2.68. The fourth-order valence-electron chi connectivity index (χ4n) is 0.928. The van der Waals surface area contributed by atoms with E-state index in [2.05, 4.69) is 15.9 Å².